The average Bonchev–Trinajstić information content (AvgIpc) is 2.20. The fraction of sp³-hybridized carbons (Fsp3) is 1.00. The highest BCUT2D eigenvalue weighted by Crippen LogP contribution is 2.09. The van der Waals surface area contributed by atoms with Crippen molar-refractivity contribution in [3.05, 3.63) is 0 Å². The van der Waals surface area contributed by atoms with Crippen molar-refractivity contribution >= 4 is 0 Å². The second-order valence-electron chi connectivity index (χ2n) is 4.11. The van der Waals surface area contributed by atoms with E-state index in [0.717, 1.165) is 0 Å². The average molecular weight is 220 g/mol. The summed E-state index contributed by atoms with van der Waals surface area (Å²) in [6.07, 6.45) is 0.368. The Kier molecular flexibility index (Phi) is 9.00. The van der Waals surface area contributed by atoms with Gasteiger partial charge in [-0.2, -0.15) is 0 Å². The Morgan fingerprint density at radius 3 is 2.27 bits per heavy atom. The Morgan fingerprint density at radius 1 is 1.07 bits per heavy atom. The van der Waals surface area contributed by atoms with Crippen molar-refractivity contribution in [2.75, 3.05) is 26.9 Å². The van der Waals surface area contributed by atoms with Crippen LogP contribution in [0.25, 0.3) is 0 Å². The van der Waals surface area contributed by atoms with Crippen molar-refractivity contribution in [1.82, 2.24) is 0 Å². The van der Waals surface area contributed by atoms with E-state index >= 15 is 0 Å². The van der Waals surface area contributed by atoms with E-state index in [-0.39, 0.29) is 12.0 Å². The minimum Gasteiger partial charge on any atom is -0.393 e. The van der Waals surface area contributed by atoms with E-state index in [9.17, 15) is 10.2 Å². The van der Waals surface area contributed by atoms with Crippen molar-refractivity contribution < 1.29 is 19.7 Å². The Balaban J connectivity index is 3.36. The maximum atomic E-state index is 9.51. The molecule has 0 aromatic carbocycles. The van der Waals surface area contributed by atoms with Gasteiger partial charge >= 0.3 is 0 Å². The summed E-state index contributed by atoms with van der Waals surface area (Å²) in [5, 5.41) is 19.0. The third kappa shape index (κ3) is 8.81. The van der Waals surface area contributed by atoms with Gasteiger partial charge in [-0.15, -0.1) is 0 Å². The predicted molar refractivity (Wildman–Crippen MR) is 58.8 cm³/mol. The summed E-state index contributed by atoms with van der Waals surface area (Å²) in [6, 6.07) is 0. The normalized spacial score (nSPS) is 15.6. The molecule has 2 N–H and O–H groups in total. The fourth-order valence-electron chi connectivity index (χ4n) is 1.14. The lowest BCUT2D eigenvalue weighted by Crippen LogP contribution is -2.21. The third-order valence-electron chi connectivity index (χ3n) is 2.31. The topological polar surface area (TPSA) is 58.9 Å². The number of ether oxygens (including phenoxy) is 2. The molecule has 15 heavy (non-hydrogen) atoms. The molecule has 2 atom stereocenters. The molecule has 2 unspecified atom stereocenters. The number of hydrogen-bond donors (Lipinski definition) is 2. The second-order valence-corrected chi connectivity index (χ2v) is 4.11. The lowest BCUT2D eigenvalue weighted by atomic mass is 10.0. The molecule has 92 valence electrons. The minimum absolute atomic E-state index is 0.242. The molecule has 0 saturated carbocycles. The molecule has 0 radical (unpaired) electrons. The SMILES string of the molecule is COCCOCC(O)CCC(O)C(C)C. The zero-order valence-electron chi connectivity index (χ0n) is 9.98. The first-order chi connectivity index (χ1) is 7.07. The maximum absolute atomic E-state index is 9.51. The Bertz CT molecular complexity index is 139. The van der Waals surface area contributed by atoms with Crippen LogP contribution in [0.5, 0.6) is 0 Å². The van der Waals surface area contributed by atoms with E-state index in [0.29, 0.717) is 32.7 Å². The summed E-state index contributed by atoms with van der Waals surface area (Å²) in [5.74, 6) is 0.242. The van der Waals surface area contributed by atoms with Crippen LogP contribution in [-0.4, -0.2) is 49.4 Å². The molecule has 0 aromatic heterocycles. The van der Waals surface area contributed by atoms with Gasteiger partial charge in [0, 0.05) is 7.11 Å². The van der Waals surface area contributed by atoms with Crippen molar-refractivity contribution in [3.63, 3.8) is 0 Å². The second kappa shape index (κ2) is 9.09. The zero-order chi connectivity index (χ0) is 11.7. The van der Waals surface area contributed by atoms with Gasteiger partial charge in [-0.3, -0.25) is 0 Å². The maximum Gasteiger partial charge on any atom is 0.0774 e. The molecule has 0 bridgehead atoms. The van der Waals surface area contributed by atoms with E-state index < -0.39 is 6.10 Å². The Hall–Kier alpha value is -0.160. The van der Waals surface area contributed by atoms with Gasteiger partial charge in [0.25, 0.3) is 0 Å². The molecule has 0 amide bonds. The van der Waals surface area contributed by atoms with Crippen LogP contribution < -0.4 is 0 Å². The predicted octanol–water partition coefficient (Wildman–Crippen LogP) is 0.807. The summed E-state index contributed by atoms with van der Waals surface area (Å²) < 4.78 is 9.98. The van der Waals surface area contributed by atoms with Crippen LogP contribution in [0, 0.1) is 5.92 Å². The molecule has 0 saturated heterocycles. The van der Waals surface area contributed by atoms with Gasteiger partial charge < -0.3 is 19.7 Å². The monoisotopic (exact) mass is 220 g/mol. The standard InChI is InChI=1S/C11H24O4/c1-9(2)11(13)5-4-10(12)8-15-7-6-14-3/h9-13H,4-8H2,1-3H3. The van der Waals surface area contributed by atoms with Crippen LogP contribution in [0.3, 0.4) is 0 Å². The smallest absolute Gasteiger partial charge is 0.0774 e. The van der Waals surface area contributed by atoms with E-state index in [1.807, 2.05) is 13.8 Å². The van der Waals surface area contributed by atoms with Gasteiger partial charge in [-0.05, 0) is 18.8 Å². The van der Waals surface area contributed by atoms with Crippen molar-refractivity contribution in [1.29, 1.82) is 0 Å². The molecule has 0 fully saturated rings. The van der Waals surface area contributed by atoms with Crippen molar-refractivity contribution in [2.24, 2.45) is 5.92 Å². The molecule has 0 aliphatic heterocycles. The molecule has 4 heteroatoms. The molecular weight excluding hydrogens is 196 g/mol. The highest BCUT2D eigenvalue weighted by atomic mass is 16.5. The molecule has 0 aliphatic rings. The van der Waals surface area contributed by atoms with E-state index in [4.69, 9.17) is 9.47 Å². The number of aliphatic hydroxyl groups excluding tert-OH is 2. The van der Waals surface area contributed by atoms with Gasteiger partial charge in [0.1, 0.15) is 0 Å². The Labute approximate surface area is 92.2 Å². The molecular formula is C11H24O4. The van der Waals surface area contributed by atoms with Crippen LogP contribution in [0.4, 0.5) is 0 Å². The van der Waals surface area contributed by atoms with Crippen LogP contribution in [0.1, 0.15) is 26.7 Å². The van der Waals surface area contributed by atoms with E-state index in [1.165, 1.54) is 0 Å². The van der Waals surface area contributed by atoms with Crippen LogP contribution in [-0.2, 0) is 9.47 Å². The first-order valence-electron chi connectivity index (χ1n) is 5.50. The number of methoxy groups -OCH3 is 1. The first-order valence-corrected chi connectivity index (χ1v) is 5.50. The zero-order valence-corrected chi connectivity index (χ0v) is 9.98. The minimum atomic E-state index is -0.491. The van der Waals surface area contributed by atoms with Crippen LogP contribution in [0.2, 0.25) is 0 Å². The molecule has 0 aliphatic carbocycles. The lowest BCUT2D eigenvalue weighted by molar-refractivity contribution is 0.00229. The summed E-state index contributed by atoms with van der Waals surface area (Å²) in [7, 11) is 1.61. The number of aliphatic hydroxyl groups is 2. The molecule has 0 heterocycles. The van der Waals surface area contributed by atoms with Crippen molar-refractivity contribution in [2.45, 2.75) is 38.9 Å². The van der Waals surface area contributed by atoms with Gasteiger partial charge in [0.05, 0.1) is 32.0 Å². The van der Waals surface area contributed by atoms with Crippen LogP contribution >= 0.6 is 0 Å². The number of hydrogen-bond acceptors (Lipinski definition) is 4. The highest BCUT2D eigenvalue weighted by Gasteiger charge is 2.12. The summed E-state index contributed by atoms with van der Waals surface area (Å²) in [6.45, 7) is 5.29. The fourth-order valence-corrected chi connectivity index (χ4v) is 1.14. The molecule has 0 spiro atoms. The summed E-state index contributed by atoms with van der Waals surface area (Å²) in [5.41, 5.74) is 0. The summed E-state index contributed by atoms with van der Waals surface area (Å²) in [4.78, 5) is 0. The van der Waals surface area contributed by atoms with Gasteiger partial charge in [0.15, 0.2) is 0 Å². The van der Waals surface area contributed by atoms with Crippen molar-refractivity contribution in [3.8, 4) is 0 Å². The summed E-state index contributed by atoms with van der Waals surface area (Å²) >= 11 is 0. The quantitative estimate of drug-likeness (QED) is 0.564. The molecule has 0 rings (SSSR count). The third-order valence-corrected chi connectivity index (χ3v) is 2.31. The van der Waals surface area contributed by atoms with Gasteiger partial charge in [-0.1, -0.05) is 13.8 Å². The van der Waals surface area contributed by atoms with Gasteiger partial charge in [-0.25, -0.2) is 0 Å². The first kappa shape index (κ1) is 14.8. The largest absolute Gasteiger partial charge is 0.393 e. The van der Waals surface area contributed by atoms with Crippen LogP contribution in [0.15, 0.2) is 0 Å². The van der Waals surface area contributed by atoms with Gasteiger partial charge in [0.2, 0.25) is 0 Å². The van der Waals surface area contributed by atoms with E-state index in [1.54, 1.807) is 7.11 Å². The lowest BCUT2D eigenvalue weighted by Gasteiger charge is -2.16. The number of rotatable bonds is 9. The Morgan fingerprint density at radius 2 is 1.73 bits per heavy atom. The highest BCUT2D eigenvalue weighted by molar-refractivity contribution is 4.63. The molecule has 4 nitrogen and oxygen atoms in total. The van der Waals surface area contributed by atoms with E-state index in [2.05, 4.69) is 0 Å². The molecule has 0 aromatic rings.